The van der Waals surface area contributed by atoms with Crippen molar-refractivity contribution in [2.45, 2.75) is 13.8 Å². The maximum Gasteiger partial charge on any atom is 0.293 e. The minimum Gasteiger partial charge on any atom is -0.436 e. The first-order valence-corrected chi connectivity index (χ1v) is 5.87. The van der Waals surface area contributed by atoms with Crippen LogP contribution in [0.1, 0.15) is 22.1 Å². The maximum absolute atomic E-state index is 11.9. The van der Waals surface area contributed by atoms with Crippen LogP contribution >= 0.6 is 15.9 Å². The highest BCUT2D eigenvalue weighted by Crippen LogP contribution is 2.22. The number of carbonyl (C=O) groups excluding carboxylic acids is 1. The summed E-state index contributed by atoms with van der Waals surface area (Å²) < 4.78 is 6.07. The molecule has 0 bridgehead atoms. The third-order valence-corrected chi connectivity index (χ3v) is 2.92. The van der Waals surface area contributed by atoms with Crippen molar-refractivity contribution in [1.82, 2.24) is 4.98 Å². The number of anilines is 1. The van der Waals surface area contributed by atoms with Gasteiger partial charge in [-0.05, 0) is 35.0 Å². The van der Waals surface area contributed by atoms with Crippen LogP contribution in [0.4, 0.5) is 5.69 Å². The minimum atomic E-state index is -0.296. The number of carbonyl (C=O) groups is 1. The second-order valence-corrected chi connectivity index (χ2v) is 4.44. The largest absolute Gasteiger partial charge is 0.436 e. The number of aromatic nitrogens is 1. The van der Waals surface area contributed by atoms with Crippen molar-refractivity contribution in [2.24, 2.45) is 0 Å². The van der Waals surface area contributed by atoms with Crippen molar-refractivity contribution in [3.05, 3.63) is 46.1 Å². The Morgan fingerprint density at radius 2 is 2.06 bits per heavy atom. The first kappa shape index (κ1) is 11.9. The van der Waals surface area contributed by atoms with Crippen LogP contribution in [0.15, 0.2) is 33.2 Å². The normalized spacial score (nSPS) is 10.3. The van der Waals surface area contributed by atoms with Crippen molar-refractivity contribution >= 4 is 27.5 Å². The van der Waals surface area contributed by atoms with E-state index in [-0.39, 0.29) is 11.7 Å². The lowest BCUT2D eigenvalue weighted by atomic mass is 10.3. The van der Waals surface area contributed by atoms with Crippen molar-refractivity contribution in [3.63, 3.8) is 0 Å². The van der Waals surface area contributed by atoms with E-state index in [2.05, 4.69) is 26.2 Å². The molecule has 0 saturated heterocycles. The number of hydrogen-bond acceptors (Lipinski definition) is 3. The standard InChI is InChI=1S/C12H11BrN2O2/c1-7-11(17-8(2)14-7)12(16)15-10-6-4-3-5-9(10)13/h3-6H,1-2H3,(H,15,16). The Bertz CT molecular complexity index is 563. The molecule has 0 aliphatic rings. The van der Waals surface area contributed by atoms with Crippen molar-refractivity contribution in [3.8, 4) is 0 Å². The number of nitrogens with zero attached hydrogens (tertiary/aromatic N) is 1. The Kier molecular flexibility index (Phi) is 3.28. The molecule has 0 aliphatic heterocycles. The van der Waals surface area contributed by atoms with E-state index in [1.807, 2.05) is 18.2 Å². The lowest BCUT2D eigenvalue weighted by Gasteiger charge is -2.05. The van der Waals surface area contributed by atoms with Gasteiger partial charge < -0.3 is 9.73 Å². The molecule has 1 aromatic heterocycles. The van der Waals surface area contributed by atoms with Crippen molar-refractivity contribution in [2.75, 3.05) is 5.32 Å². The molecule has 0 fully saturated rings. The lowest BCUT2D eigenvalue weighted by Crippen LogP contribution is -2.12. The fourth-order valence-corrected chi connectivity index (χ4v) is 1.87. The summed E-state index contributed by atoms with van der Waals surface area (Å²) in [5.41, 5.74) is 1.29. The first-order chi connectivity index (χ1) is 8.08. The maximum atomic E-state index is 11.9. The van der Waals surface area contributed by atoms with E-state index in [0.717, 1.165) is 4.47 Å². The van der Waals surface area contributed by atoms with Crippen LogP contribution in [0.2, 0.25) is 0 Å². The van der Waals surface area contributed by atoms with Gasteiger partial charge in [-0.25, -0.2) is 4.98 Å². The zero-order valence-electron chi connectivity index (χ0n) is 9.45. The fourth-order valence-electron chi connectivity index (χ4n) is 1.48. The summed E-state index contributed by atoms with van der Waals surface area (Å²) >= 11 is 3.36. The van der Waals surface area contributed by atoms with E-state index in [0.29, 0.717) is 17.3 Å². The smallest absolute Gasteiger partial charge is 0.293 e. The summed E-state index contributed by atoms with van der Waals surface area (Å²) in [5, 5.41) is 2.76. The van der Waals surface area contributed by atoms with Gasteiger partial charge in [-0.15, -0.1) is 0 Å². The van der Waals surface area contributed by atoms with Crippen LogP contribution in [-0.2, 0) is 0 Å². The highest BCUT2D eigenvalue weighted by Gasteiger charge is 2.16. The van der Waals surface area contributed by atoms with Gasteiger partial charge in [0.1, 0.15) is 0 Å². The summed E-state index contributed by atoms with van der Waals surface area (Å²) in [4.78, 5) is 16.0. The molecular formula is C12H11BrN2O2. The van der Waals surface area contributed by atoms with Gasteiger partial charge in [0.25, 0.3) is 5.91 Å². The molecule has 0 radical (unpaired) electrons. The van der Waals surface area contributed by atoms with Crippen LogP contribution in [0.25, 0.3) is 0 Å². The SMILES string of the molecule is Cc1nc(C)c(C(=O)Nc2ccccc2Br)o1. The average molecular weight is 295 g/mol. The van der Waals surface area contributed by atoms with Gasteiger partial charge in [0.2, 0.25) is 5.76 Å². The monoisotopic (exact) mass is 294 g/mol. The van der Waals surface area contributed by atoms with E-state index in [4.69, 9.17) is 4.42 Å². The van der Waals surface area contributed by atoms with Gasteiger partial charge in [0, 0.05) is 11.4 Å². The Labute approximate surface area is 107 Å². The summed E-state index contributed by atoms with van der Waals surface area (Å²) in [6.07, 6.45) is 0. The molecule has 1 amide bonds. The lowest BCUT2D eigenvalue weighted by molar-refractivity contribution is 0.0994. The third-order valence-electron chi connectivity index (χ3n) is 2.23. The molecule has 0 atom stereocenters. The van der Waals surface area contributed by atoms with Gasteiger partial charge in [-0.3, -0.25) is 4.79 Å². The second-order valence-electron chi connectivity index (χ2n) is 3.58. The zero-order chi connectivity index (χ0) is 12.4. The molecule has 0 aliphatic carbocycles. The van der Waals surface area contributed by atoms with E-state index in [1.54, 1.807) is 19.9 Å². The predicted molar refractivity (Wildman–Crippen MR) is 68.1 cm³/mol. The molecule has 2 rings (SSSR count). The van der Waals surface area contributed by atoms with E-state index < -0.39 is 0 Å². The summed E-state index contributed by atoms with van der Waals surface area (Å²) in [6.45, 7) is 3.45. The predicted octanol–water partition coefficient (Wildman–Crippen LogP) is 3.31. The number of aryl methyl sites for hydroxylation is 2. The molecule has 5 heteroatoms. The molecule has 2 aromatic rings. The number of hydrogen-bond donors (Lipinski definition) is 1. The Balaban J connectivity index is 2.23. The molecule has 1 aromatic carbocycles. The fraction of sp³-hybridized carbons (Fsp3) is 0.167. The molecular weight excluding hydrogens is 284 g/mol. The van der Waals surface area contributed by atoms with Crippen LogP contribution < -0.4 is 5.32 Å². The minimum absolute atomic E-state index is 0.248. The van der Waals surface area contributed by atoms with Gasteiger partial charge in [0.15, 0.2) is 5.89 Å². The van der Waals surface area contributed by atoms with Crippen LogP contribution in [0.5, 0.6) is 0 Å². The van der Waals surface area contributed by atoms with Crippen LogP contribution in [0.3, 0.4) is 0 Å². The second kappa shape index (κ2) is 4.71. The number of para-hydroxylation sites is 1. The zero-order valence-corrected chi connectivity index (χ0v) is 11.0. The Morgan fingerprint density at radius 1 is 1.35 bits per heavy atom. The highest BCUT2D eigenvalue weighted by molar-refractivity contribution is 9.10. The Hall–Kier alpha value is -1.62. The van der Waals surface area contributed by atoms with Crippen molar-refractivity contribution in [1.29, 1.82) is 0 Å². The Morgan fingerprint density at radius 3 is 2.65 bits per heavy atom. The number of amides is 1. The van der Waals surface area contributed by atoms with Gasteiger partial charge in [-0.2, -0.15) is 0 Å². The average Bonchev–Trinajstić information content (AvgIpc) is 2.61. The molecule has 4 nitrogen and oxygen atoms in total. The summed E-state index contributed by atoms with van der Waals surface area (Å²) in [6, 6.07) is 7.39. The van der Waals surface area contributed by atoms with Gasteiger partial charge >= 0.3 is 0 Å². The number of rotatable bonds is 2. The van der Waals surface area contributed by atoms with E-state index in [1.165, 1.54) is 0 Å². The molecule has 0 saturated carbocycles. The van der Waals surface area contributed by atoms with Crippen molar-refractivity contribution < 1.29 is 9.21 Å². The van der Waals surface area contributed by atoms with Crippen LogP contribution in [0, 0.1) is 13.8 Å². The summed E-state index contributed by atoms with van der Waals surface area (Å²) in [7, 11) is 0. The molecule has 88 valence electrons. The third kappa shape index (κ3) is 2.55. The molecule has 1 heterocycles. The van der Waals surface area contributed by atoms with E-state index >= 15 is 0 Å². The molecule has 0 spiro atoms. The van der Waals surface area contributed by atoms with Gasteiger partial charge in [0.05, 0.1) is 11.4 Å². The number of halogens is 1. The summed E-state index contributed by atoms with van der Waals surface area (Å²) in [5.74, 6) is 0.438. The molecule has 1 N–H and O–H groups in total. The highest BCUT2D eigenvalue weighted by atomic mass is 79.9. The number of benzene rings is 1. The van der Waals surface area contributed by atoms with Gasteiger partial charge in [-0.1, -0.05) is 12.1 Å². The first-order valence-electron chi connectivity index (χ1n) is 5.08. The molecule has 17 heavy (non-hydrogen) atoms. The number of oxazole rings is 1. The van der Waals surface area contributed by atoms with E-state index in [9.17, 15) is 4.79 Å². The number of nitrogens with one attached hydrogen (secondary N) is 1. The van der Waals surface area contributed by atoms with Crippen LogP contribution in [-0.4, -0.2) is 10.9 Å². The quantitative estimate of drug-likeness (QED) is 0.924. The molecule has 0 unspecified atom stereocenters. The topological polar surface area (TPSA) is 55.1 Å².